The van der Waals surface area contributed by atoms with E-state index in [1.54, 1.807) is 6.92 Å². The molecule has 1 atom stereocenters. The maximum absolute atomic E-state index is 11.0. The maximum atomic E-state index is 11.0. The van der Waals surface area contributed by atoms with Crippen LogP contribution < -0.4 is 5.32 Å². The minimum atomic E-state index is -0.198. The van der Waals surface area contributed by atoms with E-state index >= 15 is 0 Å². The normalized spacial score (nSPS) is 11.9. The first-order valence-corrected chi connectivity index (χ1v) is 5.02. The SMILES string of the molecule is CCOC(=O)CCC(CC)NC(C)=O. The topological polar surface area (TPSA) is 55.4 Å². The molecular formula is C10H19NO3. The van der Waals surface area contributed by atoms with Crippen LogP contribution in [-0.2, 0) is 14.3 Å². The van der Waals surface area contributed by atoms with Gasteiger partial charge in [0.25, 0.3) is 0 Å². The quantitative estimate of drug-likeness (QED) is 0.658. The number of hydrogen-bond donors (Lipinski definition) is 1. The molecule has 1 amide bonds. The van der Waals surface area contributed by atoms with Crippen molar-refractivity contribution in [3.05, 3.63) is 0 Å². The number of nitrogens with one attached hydrogen (secondary N) is 1. The van der Waals surface area contributed by atoms with E-state index in [9.17, 15) is 9.59 Å². The number of ether oxygens (including phenoxy) is 1. The number of carbonyl (C=O) groups is 2. The molecule has 0 bridgehead atoms. The van der Waals surface area contributed by atoms with Gasteiger partial charge in [-0.15, -0.1) is 0 Å². The second-order valence-corrected chi connectivity index (χ2v) is 3.15. The highest BCUT2D eigenvalue weighted by atomic mass is 16.5. The van der Waals surface area contributed by atoms with Crippen molar-refractivity contribution in [1.29, 1.82) is 0 Å². The van der Waals surface area contributed by atoms with Gasteiger partial charge in [-0.05, 0) is 19.8 Å². The second-order valence-electron chi connectivity index (χ2n) is 3.15. The molecule has 4 heteroatoms. The Hall–Kier alpha value is -1.06. The first-order valence-electron chi connectivity index (χ1n) is 5.02. The lowest BCUT2D eigenvalue weighted by Gasteiger charge is -2.14. The van der Waals surface area contributed by atoms with Gasteiger partial charge in [0.2, 0.25) is 5.91 Å². The molecule has 0 spiro atoms. The summed E-state index contributed by atoms with van der Waals surface area (Å²) >= 11 is 0. The molecule has 0 aromatic rings. The van der Waals surface area contributed by atoms with Crippen LogP contribution in [0.5, 0.6) is 0 Å². The van der Waals surface area contributed by atoms with Crippen molar-refractivity contribution in [3.63, 3.8) is 0 Å². The van der Waals surface area contributed by atoms with Crippen LogP contribution in [-0.4, -0.2) is 24.5 Å². The van der Waals surface area contributed by atoms with Gasteiger partial charge in [0.1, 0.15) is 0 Å². The Kier molecular flexibility index (Phi) is 6.80. The molecule has 4 nitrogen and oxygen atoms in total. The summed E-state index contributed by atoms with van der Waals surface area (Å²) in [7, 11) is 0. The Morgan fingerprint density at radius 3 is 2.43 bits per heavy atom. The smallest absolute Gasteiger partial charge is 0.305 e. The van der Waals surface area contributed by atoms with Gasteiger partial charge in [-0.25, -0.2) is 0 Å². The standard InChI is InChI=1S/C10H19NO3/c1-4-9(11-8(3)12)6-7-10(13)14-5-2/h9H,4-7H2,1-3H3,(H,11,12). The van der Waals surface area contributed by atoms with E-state index in [0.29, 0.717) is 19.4 Å². The van der Waals surface area contributed by atoms with E-state index in [0.717, 1.165) is 6.42 Å². The van der Waals surface area contributed by atoms with Crippen LogP contribution in [0.3, 0.4) is 0 Å². The molecule has 0 aliphatic carbocycles. The van der Waals surface area contributed by atoms with Crippen LogP contribution in [0.15, 0.2) is 0 Å². The Morgan fingerprint density at radius 2 is 2.00 bits per heavy atom. The highest BCUT2D eigenvalue weighted by molar-refractivity contribution is 5.73. The third-order valence-electron chi connectivity index (χ3n) is 1.90. The van der Waals surface area contributed by atoms with Crippen molar-refractivity contribution in [2.75, 3.05) is 6.61 Å². The maximum Gasteiger partial charge on any atom is 0.305 e. The molecule has 0 rings (SSSR count). The zero-order chi connectivity index (χ0) is 11.0. The van der Waals surface area contributed by atoms with Crippen LogP contribution in [0.1, 0.15) is 40.0 Å². The van der Waals surface area contributed by atoms with Gasteiger partial charge in [-0.2, -0.15) is 0 Å². The predicted octanol–water partition coefficient (Wildman–Crippen LogP) is 1.24. The van der Waals surface area contributed by atoms with Gasteiger partial charge in [0, 0.05) is 19.4 Å². The van der Waals surface area contributed by atoms with Gasteiger partial charge in [-0.1, -0.05) is 6.92 Å². The van der Waals surface area contributed by atoms with Crippen molar-refractivity contribution in [2.45, 2.75) is 46.1 Å². The lowest BCUT2D eigenvalue weighted by atomic mass is 10.1. The molecular weight excluding hydrogens is 182 g/mol. The van der Waals surface area contributed by atoms with Crippen molar-refractivity contribution >= 4 is 11.9 Å². The summed E-state index contributed by atoms with van der Waals surface area (Å²) in [5, 5.41) is 2.78. The van der Waals surface area contributed by atoms with Crippen LogP contribution in [0.2, 0.25) is 0 Å². The van der Waals surface area contributed by atoms with Crippen molar-refractivity contribution in [3.8, 4) is 0 Å². The molecule has 1 unspecified atom stereocenters. The van der Waals surface area contributed by atoms with Gasteiger partial charge in [0.15, 0.2) is 0 Å². The van der Waals surface area contributed by atoms with E-state index in [1.807, 2.05) is 6.92 Å². The molecule has 0 aliphatic heterocycles. The molecule has 1 N–H and O–H groups in total. The van der Waals surface area contributed by atoms with Crippen LogP contribution >= 0.6 is 0 Å². The van der Waals surface area contributed by atoms with Crippen LogP contribution in [0.25, 0.3) is 0 Å². The highest BCUT2D eigenvalue weighted by Gasteiger charge is 2.10. The summed E-state index contributed by atoms with van der Waals surface area (Å²) in [4.78, 5) is 21.8. The lowest BCUT2D eigenvalue weighted by Crippen LogP contribution is -2.32. The molecule has 0 aliphatic rings. The van der Waals surface area contributed by atoms with E-state index in [-0.39, 0.29) is 17.9 Å². The summed E-state index contributed by atoms with van der Waals surface area (Å²) in [5.41, 5.74) is 0. The zero-order valence-electron chi connectivity index (χ0n) is 9.13. The average molecular weight is 201 g/mol. The van der Waals surface area contributed by atoms with Crippen molar-refractivity contribution < 1.29 is 14.3 Å². The molecule has 14 heavy (non-hydrogen) atoms. The van der Waals surface area contributed by atoms with Gasteiger partial charge >= 0.3 is 5.97 Å². The lowest BCUT2D eigenvalue weighted by molar-refractivity contribution is -0.143. The molecule has 0 heterocycles. The van der Waals surface area contributed by atoms with Crippen LogP contribution in [0.4, 0.5) is 0 Å². The Balaban J connectivity index is 3.71. The number of esters is 1. The number of carbonyl (C=O) groups excluding carboxylic acids is 2. The van der Waals surface area contributed by atoms with Crippen LogP contribution in [0, 0.1) is 0 Å². The first-order chi connectivity index (χ1) is 6.60. The zero-order valence-corrected chi connectivity index (χ0v) is 9.13. The van der Waals surface area contributed by atoms with Gasteiger partial charge in [-0.3, -0.25) is 9.59 Å². The Labute approximate surface area is 85.0 Å². The molecule has 0 aromatic carbocycles. The van der Waals surface area contributed by atoms with Crippen molar-refractivity contribution in [1.82, 2.24) is 5.32 Å². The van der Waals surface area contributed by atoms with Gasteiger partial charge in [0.05, 0.1) is 6.61 Å². The summed E-state index contributed by atoms with van der Waals surface area (Å²) in [6.45, 7) is 5.65. The fourth-order valence-electron chi connectivity index (χ4n) is 1.19. The number of hydrogen-bond acceptors (Lipinski definition) is 3. The van der Waals surface area contributed by atoms with Gasteiger partial charge < -0.3 is 10.1 Å². The fraction of sp³-hybridized carbons (Fsp3) is 0.800. The molecule has 0 saturated carbocycles. The predicted molar refractivity (Wildman–Crippen MR) is 53.8 cm³/mol. The summed E-state index contributed by atoms with van der Waals surface area (Å²) in [6, 6.07) is 0.0805. The summed E-state index contributed by atoms with van der Waals surface area (Å²) in [5.74, 6) is -0.253. The highest BCUT2D eigenvalue weighted by Crippen LogP contribution is 2.02. The number of rotatable bonds is 6. The van der Waals surface area contributed by atoms with E-state index < -0.39 is 0 Å². The van der Waals surface area contributed by atoms with E-state index in [4.69, 9.17) is 4.74 Å². The number of amides is 1. The molecule has 0 saturated heterocycles. The average Bonchev–Trinajstić information content (AvgIpc) is 2.12. The fourth-order valence-corrected chi connectivity index (χ4v) is 1.19. The van der Waals surface area contributed by atoms with E-state index in [2.05, 4.69) is 5.32 Å². The second kappa shape index (κ2) is 7.35. The Morgan fingerprint density at radius 1 is 1.36 bits per heavy atom. The Bertz CT molecular complexity index is 192. The first kappa shape index (κ1) is 12.9. The largest absolute Gasteiger partial charge is 0.466 e. The molecule has 82 valence electrons. The third kappa shape index (κ3) is 6.46. The minimum absolute atomic E-state index is 0.0549. The molecule has 0 fully saturated rings. The van der Waals surface area contributed by atoms with Crippen molar-refractivity contribution in [2.24, 2.45) is 0 Å². The summed E-state index contributed by atoms with van der Waals surface area (Å²) in [6.07, 6.45) is 1.85. The summed E-state index contributed by atoms with van der Waals surface area (Å²) < 4.78 is 4.79. The monoisotopic (exact) mass is 201 g/mol. The molecule has 0 aromatic heterocycles. The third-order valence-corrected chi connectivity index (χ3v) is 1.90. The van der Waals surface area contributed by atoms with E-state index in [1.165, 1.54) is 6.92 Å². The minimum Gasteiger partial charge on any atom is -0.466 e. The molecule has 0 radical (unpaired) electrons.